The molecule has 0 saturated heterocycles. The van der Waals surface area contributed by atoms with Crippen LogP contribution in [0.1, 0.15) is 19.4 Å². The highest BCUT2D eigenvalue weighted by Crippen LogP contribution is 2.61. The van der Waals surface area contributed by atoms with Gasteiger partial charge in [-0.2, -0.15) is 0 Å². The summed E-state index contributed by atoms with van der Waals surface area (Å²) in [4.78, 5) is 2.44. The minimum Gasteiger partial charge on any atom is -0.453 e. The van der Waals surface area contributed by atoms with Crippen molar-refractivity contribution in [3.63, 3.8) is 0 Å². The Morgan fingerprint density at radius 2 is 1.22 bits per heavy atom. The van der Waals surface area contributed by atoms with Gasteiger partial charge < -0.3 is 9.30 Å². The van der Waals surface area contributed by atoms with E-state index in [-0.39, 0.29) is 0 Å². The molecule has 3 nitrogen and oxygen atoms in total. The fraction of sp³-hybridized carbons (Fsp3) is 0.0417. The predicted molar refractivity (Wildman–Crippen MR) is 214 cm³/mol. The van der Waals surface area contributed by atoms with E-state index in [1.807, 2.05) is 0 Å². The van der Waals surface area contributed by atoms with Crippen LogP contribution in [0.4, 0.5) is 17.1 Å². The summed E-state index contributed by atoms with van der Waals surface area (Å²) in [6.45, 7) is 4.16. The van der Waals surface area contributed by atoms with Crippen molar-refractivity contribution in [2.75, 3.05) is 4.90 Å². The van der Waals surface area contributed by atoms with Gasteiger partial charge in [0.25, 0.3) is 0 Å². The summed E-state index contributed by atoms with van der Waals surface area (Å²) < 4.78 is 9.42. The summed E-state index contributed by atoms with van der Waals surface area (Å²) in [5.74, 6) is 1.70. The van der Waals surface area contributed by atoms with Crippen LogP contribution in [0.15, 0.2) is 170 Å². The molecule has 0 N–H and O–H groups in total. The van der Waals surface area contributed by atoms with Crippen LogP contribution >= 0.6 is 0 Å². The largest absolute Gasteiger partial charge is 0.453 e. The Morgan fingerprint density at radius 3 is 1.90 bits per heavy atom. The van der Waals surface area contributed by atoms with Crippen LogP contribution in [-0.4, -0.2) is 4.57 Å². The van der Waals surface area contributed by atoms with Gasteiger partial charge in [0, 0.05) is 10.8 Å². The molecule has 3 heterocycles. The maximum Gasteiger partial charge on any atom is 0.154 e. The maximum absolute atomic E-state index is 6.94. The second-order valence-corrected chi connectivity index (χ2v) is 13.2. The molecule has 10 rings (SSSR count). The molecule has 51 heavy (non-hydrogen) atoms. The molecule has 0 unspecified atom stereocenters. The van der Waals surface area contributed by atoms with Gasteiger partial charge in [-0.05, 0) is 101 Å². The predicted octanol–water partition coefficient (Wildman–Crippen LogP) is 13.7. The van der Waals surface area contributed by atoms with E-state index in [1.165, 1.54) is 44.1 Å². The van der Waals surface area contributed by atoms with Gasteiger partial charge in [-0.25, -0.2) is 0 Å². The van der Waals surface area contributed by atoms with Gasteiger partial charge in [-0.3, -0.25) is 4.90 Å². The number of rotatable bonds is 5. The van der Waals surface area contributed by atoms with Crippen LogP contribution in [0, 0.1) is 0 Å². The van der Waals surface area contributed by atoms with Crippen molar-refractivity contribution in [1.29, 1.82) is 0 Å². The average Bonchev–Trinajstić information content (AvgIpc) is 3.54. The standard InChI is InChI=1S/C48H34N2O/c1-3-14-31(4-2)36-23-26-44-43(29-36)50-41-25-22-37(33-17-10-6-11-18-33)28-42(41)49-40-24-21-35(32-15-8-5-9-16-32)27-39(40)46-38(34-19-12-7-13-20-34)30-45(51-44)47(50)48(46)49/h3-30H,1-2H3/b14-3-,31-4+. The molecule has 7 aromatic carbocycles. The van der Waals surface area contributed by atoms with E-state index in [9.17, 15) is 0 Å². The lowest BCUT2D eigenvalue weighted by Crippen LogP contribution is -2.22. The molecule has 0 fully saturated rings. The Labute approximate surface area is 297 Å². The minimum atomic E-state index is 0.842. The van der Waals surface area contributed by atoms with E-state index < -0.39 is 0 Å². The third-order valence-corrected chi connectivity index (χ3v) is 10.4. The van der Waals surface area contributed by atoms with Crippen molar-refractivity contribution < 1.29 is 4.74 Å². The highest BCUT2D eigenvalue weighted by Gasteiger charge is 2.37. The number of hydrogen-bond donors (Lipinski definition) is 0. The smallest absolute Gasteiger partial charge is 0.154 e. The molecule has 0 radical (unpaired) electrons. The lowest BCUT2D eigenvalue weighted by Gasteiger charge is -2.38. The summed E-state index contributed by atoms with van der Waals surface area (Å²) in [6, 6.07) is 54.8. The van der Waals surface area contributed by atoms with Crippen LogP contribution in [0.2, 0.25) is 0 Å². The Hall–Kier alpha value is -6.58. The average molecular weight is 655 g/mol. The van der Waals surface area contributed by atoms with Gasteiger partial charge in [-0.1, -0.05) is 127 Å². The summed E-state index contributed by atoms with van der Waals surface area (Å²) >= 11 is 0. The normalized spacial score (nSPS) is 13.1. The number of hydrogen-bond acceptors (Lipinski definition) is 2. The van der Waals surface area contributed by atoms with Gasteiger partial charge in [0.1, 0.15) is 5.69 Å². The van der Waals surface area contributed by atoms with Crippen LogP contribution in [0.25, 0.3) is 66.4 Å². The number of ether oxygens (including phenoxy) is 1. The first-order valence-electron chi connectivity index (χ1n) is 17.6. The van der Waals surface area contributed by atoms with E-state index in [2.05, 4.69) is 193 Å². The zero-order chi connectivity index (χ0) is 34.1. The number of allylic oxidation sites excluding steroid dienone is 4. The van der Waals surface area contributed by atoms with Gasteiger partial charge in [0.2, 0.25) is 0 Å². The molecule has 1 aromatic heterocycles. The molecule has 0 bridgehead atoms. The number of nitrogens with zero attached hydrogens (tertiary/aromatic N) is 2. The molecule has 2 aliphatic heterocycles. The fourth-order valence-electron chi connectivity index (χ4n) is 8.06. The zero-order valence-electron chi connectivity index (χ0n) is 28.5. The van der Waals surface area contributed by atoms with Crippen LogP contribution in [0.5, 0.6) is 11.5 Å². The highest BCUT2D eigenvalue weighted by molar-refractivity contribution is 6.24. The molecule has 8 aromatic rings. The summed E-state index contributed by atoms with van der Waals surface area (Å²) in [5.41, 5.74) is 16.1. The molecular formula is C48H34N2O. The van der Waals surface area contributed by atoms with E-state index >= 15 is 0 Å². The first-order chi connectivity index (χ1) is 25.2. The minimum absolute atomic E-state index is 0.842. The second-order valence-electron chi connectivity index (χ2n) is 13.2. The Balaban J connectivity index is 1.36. The molecule has 2 aliphatic rings. The second kappa shape index (κ2) is 11.5. The maximum atomic E-state index is 6.94. The topological polar surface area (TPSA) is 17.4 Å². The first-order valence-corrected chi connectivity index (χ1v) is 17.6. The number of anilines is 3. The van der Waals surface area contributed by atoms with Crippen molar-refractivity contribution in [2.24, 2.45) is 0 Å². The van der Waals surface area contributed by atoms with Crippen molar-refractivity contribution in [1.82, 2.24) is 4.57 Å². The number of fused-ring (bicyclic) bond motifs is 8. The molecule has 242 valence electrons. The number of aromatic nitrogens is 1. The quantitative estimate of drug-likeness (QED) is 0.172. The molecule has 0 atom stereocenters. The van der Waals surface area contributed by atoms with E-state index in [1.54, 1.807) is 0 Å². The molecular weight excluding hydrogens is 621 g/mol. The Morgan fingerprint density at radius 1 is 0.549 bits per heavy atom. The summed E-state index contributed by atoms with van der Waals surface area (Å²) in [7, 11) is 0. The van der Waals surface area contributed by atoms with Gasteiger partial charge in [0.15, 0.2) is 11.5 Å². The Kier molecular flexibility index (Phi) is 6.62. The van der Waals surface area contributed by atoms with Gasteiger partial charge in [-0.15, -0.1) is 0 Å². The van der Waals surface area contributed by atoms with Crippen molar-refractivity contribution in [3.8, 4) is 50.6 Å². The fourth-order valence-corrected chi connectivity index (χ4v) is 8.06. The van der Waals surface area contributed by atoms with E-state index in [4.69, 9.17) is 4.74 Å². The highest BCUT2D eigenvalue weighted by atomic mass is 16.5. The van der Waals surface area contributed by atoms with Crippen molar-refractivity contribution in [2.45, 2.75) is 13.8 Å². The molecule has 0 spiro atoms. The monoisotopic (exact) mass is 654 g/mol. The molecule has 0 saturated carbocycles. The van der Waals surface area contributed by atoms with Gasteiger partial charge in [0.05, 0.1) is 28.1 Å². The van der Waals surface area contributed by atoms with Crippen LogP contribution in [0.3, 0.4) is 0 Å². The first kappa shape index (κ1) is 29.3. The Bertz CT molecular complexity index is 2720. The summed E-state index contributed by atoms with van der Waals surface area (Å²) in [5, 5.41) is 2.44. The van der Waals surface area contributed by atoms with Crippen molar-refractivity contribution in [3.05, 3.63) is 175 Å². The van der Waals surface area contributed by atoms with Gasteiger partial charge >= 0.3 is 0 Å². The molecule has 3 heteroatoms. The molecule has 0 aliphatic carbocycles. The van der Waals surface area contributed by atoms with E-state index in [0.29, 0.717) is 0 Å². The third-order valence-electron chi connectivity index (χ3n) is 10.4. The SMILES string of the molecule is C/C=C\C(=C/C)c1ccc2c(c1)N1c3ccc(-c4ccccc4)cc3-n3c4ccc(-c5ccccc5)cc4c4c(-c5ccccc5)cc(c1c43)O2. The summed E-state index contributed by atoms with van der Waals surface area (Å²) in [6.07, 6.45) is 6.43. The third kappa shape index (κ3) is 4.45. The lowest BCUT2D eigenvalue weighted by molar-refractivity contribution is 0.477. The van der Waals surface area contributed by atoms with Crippen LogP contribution < -0.4 is 9.64 Å². The van der Waals surface area contributed by atoms with Crippen LogP contribution in [-0.2, 0) is 0 Å². The zero-order valence-corrected chi connectivity index (χ0v) is 28.5. The van der Waals surface area contributed by atoms with E-state index in [0.717, 1.165) is 56.5 Å². The lowest BCUT2D eigenvalue weighted by atomic mass is 9.94. The molecule has 0 amide bonds. The van der Waals surface area contributed by atoms with Crippen molar-refractivity contribution >= 4 is 44.4 Å². The number of benzene rings is 7.